The molecule has 0 bridgehead atoms. The van der Waals surface area contributed by atoms with Crippen molar-refractivity contribution in [2.75, 3.05) is 20.1 Å². The number of carboxylic acids is 1. The number of hydrogen-bond acceptors (Lipinski definition) is 3. The van der Waals surface area contributed by atoms with Gasteiger partial charge in [0.15, 0.2) is 0 Å². The van der Waals surface area contributed by atoms with E-state index < -0.39 is 5.97 Å². The highest BCUT2D eigenvalue weighted by molar-refractivity contribution is 5.87. The number of imidazole rings is 1. The maximum absolute atomic E-state index is 10.9. The highest BCUT2D eigenvalue weighted by Crippen LogP contribution is 2.37. The van der Waals surface area contributed by atoms with E-state index in [1.807, 2.05) is 13.2 Å². The van der Waals surface area contributed by atoms with Gasteiger partial charge in [-0.05, 0) is 32.0 Å². The van der Waals surface area contributed by atoms with E-state index in [9.17, 15) is 4.79 Å². The largest absolute Gasteiger partial charge is 0.478 e. The molecule has 2 aromatic heterocycles. The molecule has 4 rings (SSSR count). The van der Waals surface area contributed by atoms with Crippen LogP contribution in [0.5, 0.6) is 0 Å². The molecule has 0 radical (unpaired) electrons. The Morgan fingerprint density at radius 1 is 1.19 bits per heavy atom. The lowest BCUT2D eigenvalue weighted by molar-refractivity contribution is -0.131. The number of nitrogens with zero attached hydrogens (tertiary/aromatic N) is 4. The van der Waals surface area contributed by atoms with Crippen molar-refractivity contribution in [1.29, 1.82) is 0 Å². The highest BCUT2D eigenvalue weighted by atomic mass is 16.4. The summed E-state index contributed by atoms with van der Waals surface area (Å²) in [5.41, 5.74) is 6.09. The maximum atomic E-state index is 10.9. The Hall–Kier alpha value is -2.60. The third-order valence-electron chi connectivity index (χ3n) is 5.53. The summed E-state index contributed by atoms with van der Waals surface area (Å²) in [5, 5.41) is 8.97. The second-order valence-corrected chi connectivity index (χ2v) is 7.14. The van der Waals surface area contributed by atoms with E-state index in [2.05, 4.69) is 38.3 Å². The number of piperidine rings is 1. The molecule has 0 amide bonds. The predicted molar refractivity (Wildman–Crippen MR) is 101 cm³/mol. The van der Waals surface area contributed by atoms with Crippen molar-refractivity contribution in [2.45, 2.75) is 25.8 Å². The zero-order valence-electron chi connectivity index (χ0n) is 15.3. The van der Waals surface area contributed by atoms with Gasteiger partial charge in [0.05, 0.1) is 0 Å². The molecule has 0 aromatic carbocycles. The van der Waals surface area contributed by atoms with Gasteiger partial charge in [-0.25, -0.2) is 9.78 Å². The van der Waals surface area contributed by atoms with Gasteiger partial charge in [0.25, 0.3) is 0 Å². The van der Waals surface area contributed by atoms with Gasteiger partial charge in [-0.1, -0.05) is 5.57 Å². The van der Waals surface area contributed by atoms with E-state index in [0.29, 0.717) is 0 Å². The maximum Gasteiger partial charge on any atom is 0.328 e. The van der Waals surface area contributed by atoms with Gasteiger partial charge in [-0.15, -0.1) is 0 Å². The molecule has 1 saturated heterocycles. The molecule has 2 aliphatic rings. The number of rotatable bonds is 2. The zero-order chi connectivity index (χ0) is 18.3. The zero-order valence-corrected chi connectivity index (χ0v) is 15.3. The van der Waals surface area contributed by atoms with Crippen LogP contribution >= 0.6 is 0 Å². The summed E-state index contributed by atoms with van der Waals surface area (Å²) in [7, 11) is 4.18. The van der Waals surface area contributed by atoms with E-state index in [1.54, 1.807) is 6.08 Å². The smallest absolute Gasteiger partial charge is 0.328 e. The van der Waals surface area contributed by atoms with Gasteiger partial charge < -0.3 is 19.1 Å². The fourth-order valence-corrected chi connectivity index (χ4v) is 4.05. The van der Waals surface area contributed by atoms with E-state index >= 15 is 0 Å². The monoisotopic (exact) mass is 352 g/mol. The van der Waals surface area contributed by atoms with Gasteiger partial charge in [0.2, 0.25) is 0 Å². The van der Waals surface area contributed by atoms with Gasteiger partial charge in [0, 0.05) is 74.1 Å². The number of carboxylic acid groups (broad SMARTS) is 1. The lowest BCUT2D eigenvalue weighted by atomic mass is 9.92. The van der Waals surface area contributed by atoms with Crippen molar-refractivity contribution in [3.8, 4) is 0 Å². The van der Waals surface area contributed by atoms with Crippen LogP contribution in [0, 0.1) is 0 Å². The van der Waals surface area contributed by atoms with Crippen molar-refractivity contribution < 1.29 is 9.90 Å². The van der Waals surface area contributed by atoms with Crippen LogP contribution in [0.15, 0.2) is 30.1 Å². The molecule has 4 heterocycles. The molecule has 136 valence electrons. The molecular weight excluding hydrogens is 328 g/mol. The first kappa shape index (κ1) is 16.8. The molecule has 0 aliphatic carbocycles. The summed E-state index contributed by atoms with van der Waals surface area (Å²) >= 11 is 0. The molecule has 1 N–H and O–H groups in total. The summed E-state index contributed by atoms with van der Waals surface area (Å²) in [5.74, 6) is 0.119. The van der Waals surface area contributed by atoms with Crippen molar-refractivity contribution >= 4 is 17.6 Å². The molecule has 0 saturated carbocycles. The van der Waals surface area contributed by atoms with Gasteiger partial charge in [-0.3, -0.25) is 0 Å². The van der Waals surface area contributed by atoms with Crippen LogP contribution < -0.4 is 0 Å². The Bertz CT molecular complexity index is 906. The molecular formula is C20H24N4O2. The van der Waals surface area contributed by atoms with Crippen molar-refractivity contribution in [1.82, 2.24) is 19.0 Å². The van der Waals surface area contributed by atoms with Gasteiger partial charge in [-0.2, -0.15) is 0 Å². The second kappa shape index (κ2) is 6.61. The number of fused-ring (bicyclic) bond motifs is 2. The minimum absolute atomic E-state index is 0.888. The molecule has 2 aromatic rings. The number of aromatic nitrogens is 3. The number of hydrogen-bond donors (Lipinski definition) is 1. The third kappa shape index (κ3) is 2.90. The Kier molecular flexibility index (Phi) is 4.28. The topological polar surface area (TPSA) is 63.3 Å². The first-order valence-corrected chi connectivity index (χ1v) is 9.06. The Morgan fingerprint density at radius 2 is 1.96 bits per heavy atom. The summed E-state index contributed by atoms with van der Waals surface area (Å²) in [4.78, 5) is 18.0. The Morgan fingerprint density at radius 3 is 2.69 bits per heavy atom. The van der Waals surface area contributed by atoms with Crippen LogP contribution in [0.3, 0.4) is 0 Å². The van der Waals surface area contributed by atoms with Crippen LogP contribution in [0.2, 0.25) is 0 Å². The second-order valence-electron chi connectivity index (χ2n) is 7.14. The number of carbonyl (C=O) groups is 1. The minimum atomic E-state index is -0.925. The van der Waals surface area contributed by atoms with Crippen LogP contribution in [0.25, 0.3) is 11.6 Å². The Labute approximate surface area is 153 Å². The Balaban J connectivity index is 1.88. The first-order valence-electron chi connectivity index (χ1n) is 9.06. The summed E-state index contributed by atoms with van der Waals surface area (Å²) in [6, 6.07) is 2.12. The molecule has 6 heteroatoms. The van der Waals surface area contributed by atoms with Crippen LogP contribution in [0.1, 0.15) is 35.6 Å². The first-order chi connectivity index (χ1) is 12.5. The third-order valence-corrected chi connectivity index (χ3v) is 5.53. The molecule has 0 atom stereocenters. The summed E-state index contributed by atoms with van der Waals surface area (Å²) < 4.78 is 4.37. The SMILES string of the molecule is CN1CCC(=C2c3cc(C=CC(=O)O)n(C)c3CCn3ccnc32)CC1. The molecule has 6 nitrogen and oxygen atoms in total. The van der Waals surface area contributed by atoms with Gasteiger partial charge in [0.1, 0.15) is 5.82 Å². The van der Waals surface area contributed by atoms with Crippen LogP contribution in [-0.2, 0) is 24.8 Å². The van der Waals surface area contributed by atoms with E-state index in [1.165, 1.54) is 28.5 Å². The number of aliphatic carboxylic acids is 1. The molecule has 1 fully saturated rings. The van der Waals surface area contributed by atoms with Crippen molar-refractivity contribution in [3.05, 3.63) is 52.9 Å². The van der Waals surface area contributed by atoms with E-state index in [-0.39, 0.29) is 0 Å². The number of likely N-dealkylation sites (tertiary alicyclic amines) is 1. The molecule has 0 unspecified atom stereocenters. The van der Waals surface area contributed by atoms with Crippen LogP contribution in [0.4, 0.5) is 0 Å². The van der Waals surface area contributed by atoms with E-state index in [0.717, 1.165) is 50.4 Å². The molecule has 26 heavy (non-hydrogen) atoms. The highest BCUT2D eigenvalue weighted by Gasteiger charge is 2.26. The lowest BCUT2D eigenvalue weighted by Crippen LogP contribution is -2.27. The van der Waals surface area contributed by atoms with Gasteiger partial charge >= 0.3 is 5.97 Å². The summed E-state index contributed by atoms with van der Waals surface area (Å²) in [6.45, 7) is 3.01. The fourth-order valence-electron chi connectivity index (χ4n) is 4.05. The molecule has 2 aliphatic heterocycles. The normalized spacial score (nSPS) is 18.1. The lowest BCUT2D eigenvalue weighted by Gasteiger charge is -2.26. The molecule has 0 spiro atoms. The fraction of sp³-hybridized carbons (Fsp3) is 0.400. The number of aryl methyl sites for hydroxylation is 1. The minimum Gasteiger partial charge on any atom is -0.478 e. The summed E-state index contributed by atoms with van der Waals surface area (Å²) in [6.07, 6.45) is 9.83. The average Bonchev–Trinajstić information content (AvgIpc) is 3.15. The van der Waals surface area contributed by atoms with E-state index in [4.69, 9.17) is 5.11 Å². The van der Waals surface area contributed by atoms with Crippen molar-refractivity contribution in [2.24, 2.45) is 7.05 Å². The van der Waals surface area contributed by atoms with Crippen LogP contribution in [-0.4, -0.2) is 50.2 Å². The quantitative estimate of drug-likeness (QED) is 0.843. The average molecular weight is 352 g/mol. The standard InChI is InChI=1S/C20H24N4O2/c1-22-9-5-14(6-10-22)19-16-13-15(3-4-18(25)26)23(2)17(16)7-11-24-12-8-21-20(19)24/h3-4,8,12-13H,5-7,9-11H2,1-2H3,(H,25,26). The van der Waals surface area contributed by atoms with Crippen molar-refractivity contribution in [3.63, 3.8) is 0 Å². The predicted octanol–water partition coefficient (Wildman–Crippen LogP) is 2.40.